The Morgan fingerprint density at radius 3 is 2.25 bits per heavy atom. The van der Waals surface area contributed by atoms with E-state index in [2.05, 4.69) is 27.7 Å². The Morgan fingerprint density at radius 1 is 1.38 bits per heavy atom. The summed E-state index contributed by atoms with van der Waals surface area (Å²) in [4.78, 5) is 6.22. The number of aromatic nitrogens is 1. The van der Waals surface area contributed by atoms with Gasteiger partial charge in [-0.1, -0.05) is 39.9 Å². The van der Waals surface area contributed by atoms with Crippen molar-refractivity contribution in [2.45, 2.75) is 52.4 Å². The highest BCUT2D eigenvalue weighted by atomic mass is 32.1. The molecular formula is C12H20N2S2. The van der Waals surface area contributed by atoms with E-state index in [0.29, 0.717) is 16.8 Å². The van der Waals surface area contributed by atoms with Gasteiger partial charge in [-0.05, 0) is 18.8 Å². The summed E-state index contributed by atoms with van der Waals surface area (Å²) in [5.74, 6) is 0.932. The second-order valence-corrected chi connectivity index (χ2v) is 5.77. The molecule has 1 aromatic rings. The third kappa shape index (κ3) is 2.80. The van der Waals surface area contributed by atoms with Gasteiger partial charge in [-0.15, -0.1) is 11.3 Å². The quantitative estimate of drug-likeness (QED) is 0.814. The molecular weight excluding hydrogens is 236 g/mol. The first kappa shape index (κ1) is 13.6. The van der Waals surface area contributed by atoms with Gasteiger partial charge in [0.1, 0.15) is 4.99 Å². The van der Waals surface area contributed by atoms with Crippen molar-refractivity contribution < 1.29 is 0 Å². The van der Waals surface area contributed by atoms with Gasteiger partial charge >= 0.3 is 0 Å². The van der Waals surface area contributed by atoms with Gasteiger partial charge in [0.2, 0.25) is 0 Å². The van der Waals surface area contributed by atoms with Crippen molar-refractivity contribution in [2.75, 3.05) is 0 Å². The Hall–Kier alpha value is -0.480. The number of rotatable bonds is 5. The molecule has 0 aliphatic carbocycles. The minimum atomic E-state index is 0.385. The van der Waals surface area contributed by atoms with Gasteiger partial charge in [-0.3, -0.25) is 0 Å². The van der Waals surface area contributed by atoms with Crippen molar-refractivity contribution in [3.63, 3.8) is 0 Å². The molecule has 0 fully saturated rings. The van der Waals surface area contributed by atoms with Crippen molar-refractivity contribution in [1.29, 1.82) is 0 Å². The molecule has 1 aromatic heterocycles. The van der Waals surface area contributed by atoms with Crippen LogP contribution in [0.2, 0.25) is 0 Å². The van der Waals surface area contributed by atoms with Gasteiger partial charge < -0.3 is 5.73 Å². The van der Waals surface area contributed by atoms with E-state index < -0.39 is 0 Å². The van der Waals surface area contributed by atoms with Crippen LogP contribution in [0.25, 0.3) is 0 Å². The molecule has 16 heavy (non-hydrogen) atoms. The largest absolute Gasteiger partial charge is 0.389 e. The molecule has 0 aliphatic rings. The SMILES string of the molecule is CCC(CC)c1nc(C(C)C)c(C(N)=S)s1. The Bertz CT molecular complexity index is 365. The van der Waals surface area contributed by atoms with Crippen LogP contribution in [0.4, 0.5) is 0 Å². The summed E-state index contributed by atoms with van der Waals surface area (Å²) in [6.45, 7) is 8.66. The molecule has 0 aromatic carbocycles. The molecule has 0 atom stereocenters. The molecule has 0 aliphatic heterocycles. The van der Waals surface area contributed by atoms with Crippen LogP contribution in [0.1, 0.15) is 68.0 Å². The predicted octanol–water partition coefficient (Wildman–Crippen LogP) is 3.80. The molecule has 0 spiro atoms. The standard InChI is InChI=1S/C12H20N2S2/c1-5-8(6-2)12-14-9(7(3)4)10(16-12)11(13)15/h7-8H,5-6H2,1-4H3,(H2,13,15). The molecule has 2 N–H and O–H groups in total. The summed E-state index contributed by atoms with van der Waals surface area (Å²) >= 11 is 6.77. The van der Waals surface area contributed by atoms with Crippen molar-refractivity contribution in [2.24, 2.45) is 5.73 Å². The van der Waals surface area contributed by atoms with E-state index in [1.807, 2.05) is 0 Å². The van der Waals surface area contributed by atoms with E-state index >= 15 is 0 Å². The first-order valence-electron chi connectivity index (χ1n) is 5.81. The van der Waals surface area contributed by atoms with Crippen LogP contribution < -0.4 is 5.73 Å². The fraction of sp³-hybridized carbons (Fsp3) is 0.667. The molecule has 0 unspecified atom stereocenters. The van der Waals surface area contributed by atoms with E-state index in [1.54, 1.807) is 11.3 Å². The minimum absolute atomic E-state index is 0.385. The maximum Gasteiger partial charge on any atom is 0.116 e. The van der Waals surface area contributed by atoms with Gasteiger partial charge in [-0.25, -0.2) is 4.98 Å². The van der Waals surface area contributed by atoms with E-state index in [1.165, 1.54) is 5.01 Å². The lowest BCUT2D eigenvalue weighted by atomic mass is 10.0. The van der Waals surface area contributed by atoms with E-state index in [9.17, 15) is 0 Å². The lowest BCUT2D eigenvalue weighted by molar-refractivity contribution is 0.632. The van der Waals surface area contributed by atoms with Crippen molar-refractivity contribution in [3.8, 4) is 0 Å². The van der Waals surface area contributed by atoms with E-state index in [4.69, 9.17) is 22.9 Å². The van der Waals surface area contributed by atoms with Crippen LogP contribution in [0.5, 0.6) is 0 Å². The van der Waals surface area contributed by atoms with Crippen molar-refractivity contribution in [3.05, 3.63) is 15.6 Å². The zero-order chi connectivity index (χ0) is 12.3. The number of nitrogens with zero attached hydrogens (tertiary/aromatic N) is 1. The Labute approximate surface area is 107 Å². The van der Waals surface area contributed by atoms with E-state index in [-0.39, 0.29) is 0 Å². The lowest BCUT2D eigenvalue weighted by Crippen LogP contribution is -2.10. The van der Waals surface area contributed by atoms with Crippen LogP contribution in [-0.2, 0) is 0 Å². The molecule has 0 saturated heterocycles. The summed E-state index contributed by atoms with van der Waals surface area (Å²) in [6.07, 6.45) is 2.25. The molecule has 0 amide bonds. The highest BCUT2D eigenvalue weighted by Gasteiger charge is 2.19. The maximum atomic E-state index is 5.75. The van der Waals surface area contributed by atoms with Crippen LogP contribution in [0.3, 0.4) is 0 Å². The zero-order valence-electron chi connectivity index (χ0n) is 10.4. The lowest BCUT2D eigenvalue weighted by Gasteiger charge is -2.07. The third-order valence-corrected chi connectivity index (χ3v) is 4.38. The Kier molecular flexibility index (Phi) is 4.87. The zero-order valence-corrected chi connectivity index (χ0v) is 12.0. The first-order valence-corrected chi connectivity index (χ1v) is 7.04. The Balaban J connectivity index is 3.15. The van der Waals surface area contributed by atoms with Crippen molar-refractivity contribution in [1.82, 2.24) is 4.98 Å². The highest BCUT2D eigenvalue weighted by Crippen LogP contribution is 2.32. The molecule has 0 bridgehead atoms. The van der Waals surface area contributed by atoms with Crippen LogP contribution in [-0.4, -0.2) is 9.97 Å². The summed E-state index contributed by atoms with van der Waals surface area (Å²) < 4.78 is 0. The molecule has 1 heterocycles. The van der Waals surface area contributed by atoms with Gasteiger partial charge in [0.15, 0.2) is 0 Å². The van der Waals surface area contributed by atoms with Crippen LogP contribution >= 0.6 is 23.6 Å². The Morgan fingerprint density at radius 2 is 1.94 bits per heavy atom. The average molecular weight is 256 g/mol. The molecule has 90 valence electrons. The monoisotopic (exact) mass is 256 g/mol. The second kappa shape index (κ2) is 5.73. The fourth-order valence-corrected chi connectivity index (χ4v) is 3.30. The van der Waals surface area contributed by atoms with Crippen LogP contribution in [0.15, 0.2) is 0 Å². The third-order valence-electron chi connectivity index (χ3n) is 2.78. The predicted molar refractivity (Wildman–Crippen MR) is 75.4 cm³/mol. The summed E-state index contributed by atoms with van der Waals surface area (Å²) in [6, 6.07) is 0. The number of hydrogen-bond donors (Lipinski definition) is 1. The van der Waals surface area contributed by atoms with Gasteiger partial charge in [0.05, 0.1) is 15.6 Å². The van der Waals surface area contributed by atoms with Crippen molar-refractivity contribution >= 4 is 28.5 Å². The maximum absolute atomic E-state index is 5.75. The summed E-state index contributed by atoms with van der Waals surface area (Å²) in [5.41, 5.74) is 6.82. The minimum Gasteiger partial charge on any atom is -0.389 e. The molecule has 1 rings (SSSR count). The number of thiazole rings is 1. The normalized spacial score (nSPS) is 11.4. The smallest absolute Gasteiger partial charge is 0.116 e. The highest BCUT2D eigenvalue weighted by molar-refractivity contribution is 7.81. The van der Waals surface area contributed by atoms with Crippen LogP contribution in [0, 0.1) is 0 Å². The number of hydrogen-bond acceptors (Lipinski definition) is 3. The van der Waals surface area contributed by atoms with Gasteiger partial charge in [0, 0.05) is 5.92 Å². The molecule has 4 heteroatoms. The first-order chi connectivity index (χ1) is 7.51. The summed E-state index contributed by atoms with van der Waals surface area (Å²) in [7, 11) is 0. The second-order valence-electron chi connectivity index (χ2n) is 4.30. The van der Waals surface area contributed by atoms with E-state index in [0.717, 1.165) is 23.4 Å². The number of nitrogens with two attached hydrogens (primary N) is 1. The topological polar surface area (TPSA) is 38.9 Å². The van der Waals surface area contributed by atoms with Gasteiger partial charge in [0.25, 0.3) is 0 Å². The number of thiocarbonyl (C=S) groups is 1. The summed E-state index contributed by atoms with van der Waals surface area (Å²) in [5, 5.41) is 1.19. The fourth-order valence-electron chi connectivity index (χ4n) is 1.73. The molecule has 2 nitrogen and oxygen atoms in total. The molecule has 0 saturated carbocycles. The average Bonchev–Trinajstić information content (AvgIpc) is 2.64. The van der Waals surface area contributed by atoms with Gasteiger partial charge in [-0.2, -0.15) is 0 Å². The molecule has 0 radical (unpaired) electrons.